The van der Waals surface area contributed by atoms with Crippen LogP contribution in [0.4, 0.5) is 10.5 Å². The number of urea groups is 1. The lowest BCUT2D eigenvalue weighted by Crippen LogP contribution is -2.28. The molecule has 0 spiro atoms. The van der Waals surface area contributed by atoms with Crippen molar-refractivity contribution in [2.24, 2.45) is 0 Å². The van der Waals surface area contributed by atoms with Gasteiger partial charge in [0.15, 0.2) is 0 Å². The molecule has 19 heavy (non-hydrogen) atoms. The van der Waals surface area contributed by atoms with Gasteiger partial charge in [0.1, 0.15) is 5.75 Å². The zero-order chi connectivity index (χ0) is 14.2. The molecule has 2 amide bonds. The number of carbonyl (C=O) groups excluding carboxylic acids is 1. The molecule has 1 N–H and O–H groups in total. The molecule has 0 aliphatic carbocycles. The molecule has 0 bridgehead atoms. The van der Waals surface area contributed by atoms with E-state index in [0.29, 0.717) is 13.1 Å². The van der Waals surface area contributed by atoms with Crippen LogP contribution in [0.2, 0.25) is 0 Å². The lowest BCUT2D eigenvalue weighted by Gasteiger charge is -2.25. The normalized spacial score (nSPS) is 15.6. The van der Waals surface area contributed by atoms with Crippen LogP contribution in [0.1, 0.15) is 26.3 Å². The van der Waals surface area contributed by atoms with Gasteiger partial charge in [-0.05, 0) is 40.1 Å². The number of nitrogens with zero attached hydrogens (tertiary/aromatic N) is 1. The second-order valence-electron chi connectivity index (χ2n) is 5.64. The maximum Gasteiger partial charge on any atom is 0.321 e. The lowest BCUT2D eigenvalue weighted by molar-refractivity contribution is 0.252. The highest BCUT2D eigenvalue weighted by Gasteiger charge is 2.26. The van der Waals surface area contributed by atoms with Gasteiger partial charge < -0.3 is 10.1 Å². The largest absolute Gasteiger partial charge is 0.495 e. The topological polar surface area (TPSA) is 41.6 Å². The minimum absolute atomic E-state index is 0.0270. The number of amides is 2. The zero-order valence-electron chi connectivity index (χ0n) is 11.7. The van der Waals surface area contributed by atoms with Gasteiger partial charge in [0, 0.05) is 24.3 Å². The molecule has 1 heterocycles. The molecule has 104 valence electrons. The number of benzene rings is 1. The van der Waals surface area contributed by atoms with Crippen LogP contribution in [0.3, 0.4) is 0 Å². The number of nitrogens with one attached hydrogen (secondary N) is 1. The summed E-state index contributed by atoms with van der Waals surface area (Å²) in [6.07, 6.45) is 0. The van der Waals surface area contributed by atoms with Crippen molar-refractivity contribution in [3.8, 4) is 5.75 Å². The van der Waals surface area contributed by atoms with E-state index in [2.05, 4.69) is 54.7 Å². The van der Waals surface area contributed by atoms with Gasteiger partial charge in [-0.3, -0.25) is 4.90 Å². The summed E-state index contributed by atoms with van der Waals surface area (Å²) >= 11 is 2.26. The number of rotatable bonds is 2. The lowest BCUT2D eigenvalue weighted by atomic mass is 9.86. The fraction of sp³-hybridized carbons (Fsp3) is 0.500. The molecule has 0 radical (unpaired) electrons. The Kier molecular flexibility index (Phi) is 3.94. The fourth-order valence-electron chi connectivity index (χ4n) is 2.22. The average Bonchev–Trinajstić information content (AvgIpc) is 2.73. The van der Waals surface area contributed by atoms with E-state index in [4.69, 9.17) is 4.74 Å². The van der Waals surface area contributed by atoms with Gasteiger partial charge in [0.2, 0.25) is 0 Å². The Morgan fingerprint density at radius 3 is 2.53 bits per heavy atom. The maximum absolute atomic E-state index is 11.8. The molecule has 1 saturated heterocycles. The van der Waals surface area contributed by atoms with Gasteiger partial charge in [0.05, 0.1) is 10.7 Å². The van der Waals surface area contributed by atoms with Crippen LogP contribution in [-0.4, -0.2) is 26.2 Å². The highest BCUT2D eigenvalue weighted by atomic mass is 127. The summed E-state index contributed by atoms with van der Waals surface area (Å²) in [4.78, 5) is 13.6. The average molecular weight is 374 g/mol. The SMILES string of the molecule is COc1c(I)cc(N2CCNC2=O)cc1C(C)(C)C. The van der Waals surface area contributed by atoms with Crippen molar-refractivity contribution in [2.45, 2.75) is 26.2 Å². The van der Waals surface area contributed by atoms with Gasteiger partial charge >= 0.3 is 6.03 Å². The van der Waals surface area contributed by atoms with E-state index >= 15 is 0 Å². The molecule has 1 aromatic carbocycles. The third-order valence-electron chi connectivity index (χ3n) is 3.21. The molecule has 0 aromatic heterocycles. The second-order valence-corrected chi connectivity index (χ2v) is 6.80. The van der Waals surface area contributed by atoms with Crippen molar-refractivity contribution in [1.82, 2.24) is 5.32 Å². The summed E-state index contributed by atoms with van der Waals surface area (Å²) in [6, 6.07) is 4.03. The molecule has 0 atom stereocenters. The number of halogens is 1. The number of carbonyl (C=O) groups is 1. The summed E-state index contributed by atoms with van der Waals surface area (Å²) in [6.45, 7) is 7.86. The zero-order valence-corrected chi connectivity index (χ0v) is 13.9. The molecule has 2 rings (SSSR count). The summed E-state index contributed by atoms with van der Waals surface area (Å²) < 4.78 is 6.55. The molecule has 5 heteroatoms. The highest BCUT2D eigenvalue weighted by molar-refractivity contribution is 14.1. The number of hydrogen-bond acceptors (Lipinski definition) is 2. The Hall–Kier alpha value is -0.980. The number of methoxy groups -OCH3 is 1. The Labute approximate surface area is 127 Å². The monoisotopic (exact) mass is 374 g/mol. The Morgan fingerprint density at radius 1 is 1.37 bits per heavy atom. The third-order valence-corrected chi connectivity index (χ3v) is 4.01. The van der Waals surface area contributed by atoms with Crippen LogP contribution < -0.4 is 15.0 Å². The molecule has 1 aliphatic heterocycles. The Balaban J connectivity index is 2.53. The van der Waals surface area contributed by atoms with Gasteiger partial charge in [-0.1, -0.05) is 20.8 Å². The molecule has 1 aliphatic rings. The van der Waals surface area contributed by atoms with E-state index in [1.165, 1.54) is 0 Å². The van der Waals surface area contributed by atoms with Crippen molar-refractivity contribution in [2.75, 3.05) is 25.1 Å². The molecule has 1 aromatic rings. The van der Waals surface area contributed by atoms with E-state index in [1.807, 2.05) is 6.07 Å². The molecule has 4 nitrogen and oxygen atoms in total. The Morgan fingerprint density at radius 2 is 2.05 bits per heavy atom. The first-order chi connectivity index (χ1) is 8.84. The van der Waals surface area contributed by atoms with Gasteiger partial charge in [-0.15, -0.1) is 0 Å². The predicted octanol–water partition coefficient (Wildman–Crippen LogP) is 3.13. The number of anilines is 1. The van der Waals surface area contributed by atoms with E-state index in [1.54, 1.807) is 12.0 Å². The maximum atomic E-state index is 11.8. The van der Waals surface area contributed by atoms with Crippen LogP contribution in [0, 0.1) is 3.57 Å². The van der Waals surface area contributed by atoms with Gasteiger partial charge in [-0.2, -0.15) is 0 Å². The summed E-state index contributed by atoms with van der Waals surface area (Å²) in [5.74, 6) is 0.899. The fourth-order valence-corrected chi connectivity index (χ4v) is 3.05. The summed E-state index contributed by atoms with van der Waals surface area (Å²) in [5.41, 5.74) is 2.03. The van der Waals surface area contributed by atoms with Crippen molar-refractivity contribution >= 4 is 34.3 Å². The molecular formula is C14H19IN2O2. The van der Waals surface area contributed by atoms with Gasteiger partial charge in [-0.25, -0.2) is 4.79 Å². The Bertz CT molecular complexity index is 509. The first-order valence-electron chi connectivity index (χ1n) is 6.28. The van der Waals surface area contributed by atoms with Crippen molar-refractivity contribution < 1.29 is 9.53 Å². The van der Waals surface area contributed by atoms with E-state index < -0.39 is 0 Å². The van der Waals surface area contributed by atoms with Crippen LogP contribution in [0.25, 0.3) is 0 Å². The number of hydrogen-bond donors (Lipinski definition) is 1. The van der Waals surface area contributed by atoms with Crippen LogP contribution >= 0.6 is 22.6 Å². The molecule has 0 unspecified atom stereocenters. The summed E-state index contributed by atoms with van der Waals surface area (Å²) in [5, 5.41) is 2.83. The minimum atomic E-state index is -0.0303. The smallest absolute Gasteiger partial charge is 0.321 e. The standard InChI is InChI=1S/C14H19IN2O2/c1-14(2,3)10-7-9(8-11(15)12(10)19-4)17-6-5-16-13(17)18/h7-8H,5-6H2,1-4H3,(H,16,18). The van der Waals surface area contributed by atoms with Crippen molar-refractivity contribution in [3.05, 3.63) is 21.3 Å². The van der Waals surface area contributed by atoms with Crippen molar-refractivity contribution in [1.29, 1.82) is 0 Å². The summed E-state index contributed by atoms with van der Waals surface area (Å²) in [7, 11) is 1.69. The molecular weight excluding hydrogens is 355 g/mol. The first kappa shape index (κ1) is 14.4. The van der Waals surface area contributed by atoms with E-state index in [-0.39, 0.29) is 11.4 Å². The third kappa shape index (κ3) is 2.80. The van der Waals surface area contributed by atoms with Gasteiger partial charge in [0.25, 0.3) is 0 Å². The predicted molar refractivity (Wildman–Crippen MR) is 85.2 cm³/mol. The van der Waals surface area contributed by atoms with E-state index in [9.17, 15) is 4.79 Å². The molecule has 1 fully saturated rings. The van der Waals surface area contributed by atoms with Crippen LogP contribution in [0.15, 0.2) is 12.1 Å². The van der Waals surface area contributed by atoms with Crippen LogP contribution in [-0.2, 0) is 5.41 Å². The number of ether oxygens (including phenoxy) is 1. The van der Waals surface area contributed by atoms with Crippen LogP contribution in [0.5, 0.6) is 5.75 Å². The quantitative estimate of drug-likeness (QED) is 0.809. The van der Waals surface area contributed by atoms with E-state index in [0.717, 1.165) is 20.6 Å². The second kappa shape index (κ2) is 5.19. The van der Waals surface area contributed by atoms with Crippen molar-refractivity contribution in [3.63, 3.8) is 0 Å². The molecule has 0 saturated carbocycles. The highest BCUT2D eigenvalue weighted by Crippen LogP contribution is 2.38. The minimum Gasteiger partial charge on any atom is -0.495 e. The first-order valence-corrected chi connectivity index (χ1v) is 7.36.